The van der Waals surface area contributed by atoms with Crippen LogP contribution in [0.3, 0.4) is 0 Å². The average molecular weight is 160 g/mol. The third kappa shape index (κ3) is 1.63. The van der Waals surface area contributed by atoms with Crippen molar-refractivity contribution in [3.8, 4) is 0 Å². The SMILES string of the molecule is Cc1ccc(C(=O)C(F)F)o1. The van der Waals surface area contributed by atoms with Crippen molar-refractivity contribution >= 4 is 5.78 Å². The second-order valence-electron chi connectivity index (χ2n) is 2.08. The number of hydrogen-bond acceptors (Lipinski definition) is 2. The Kier molecular flexibility index (Phi) is 2.03. The van der Waals surface area contributed by atoms with Crippen LogP contribution < -0.4 is 0 Å². The molecule has 0 aliphatic rings. The largest absolute Gasteiger partial charge is 0.458 e. The maximum absolute atomic E-state index is 11.7. The lowest BCUT2D eigenvalue weighted by atomic mass is 10.3. The molecule has 0 spiro atoms. The Bertz CT molecular complexity index is 265. The van der Waals surface area contributed by atoms with E-state index in [0.717, 1.165) is 0 Å². The smallest absolute Gasteiger partial charge is 0.303 e. The Morgan fingerprint density at radius 1 is 1.55 bits per heavy atom. The number of halogens is 2. The van der Waals surface area contributed by atoms with Crippen LogP contribution in [-0.2, 0) is 0 Å². The van der Waals surface area contributed by atoms with Gasteiger partial charge in [0.25, 0.3) is 5.78 Å². The van der Waals surface area contributed by atoms with Gasteiger partial charge in [0.15, 0.2) is 5.76 Å². The van der Waals surface area contributed by atoms with Gasteiger partial charge in [0.05, 0.1) is 0 Å². The van der Waals surface area contributed by atoms with Crippen LogP contribution in [-0.4, -0.2) is 12.2 Å². The lowest BCUT2D eigenvalue weighted by Gasteiger charge is -1.91. The summed E-state index contributed by atoms with van der Waals surface area (Å²) in [5.41, 5.74) is 0. The number of hydrogen-bond donors (Lipinski definition) is 0. The second-order valence-corrected chi connectivity index (χ2v) is 2.08. The van der Waals surface area contributed by atoms with Gasteiger partial charge in [-0.1, -0.05) is 0 Å². The number of alkyl halides is 2. The van der Waals surface area contributed by atoms with Crippen LogP contribution in [0.5, 0.6) is 0 Å². The van der Waals surface area contributed by atoms with Gasteiger partial charge in [0.2, 0.25) is 0 Å². The summed E-state index contributed by atoms with van der Waals surface area (Å²) in [4.78, 5) is 10.5. The minimum Gasteiger partial charge on any atom is -0.458 e. The number of rotatable bonds is 2. The molecular formula is C7H6F2O2. The van der Waals surface area contributed by atoms with E-state index < -0.39 is 12.2 Å². The fraction of sp³-hybridized carbons (Fsp3) is 0.286. The highest BCUT2D eigenvalue weighted by atomic mass is 19.3. The normalized spacial score (nSPS) is 10.5. The first-order valence-corrected chi connectivity index (χ1v) is 3.00. The third-order valence-electron chi connectivity index (χ3n) is 1.18. The third-order valence-corrected chi connectivity index (χ3v) is 1.18. The standard InChI is InChI=1S/C7H6F2O2/c1-4-2-3-5(11-4)6(10)7(8)9/h2-3,7H,1H3. The van der Waals surface area contributed by atoms with Crippen molar-refractivity contribution in [2.45, 2.75) is 13.3 Å². The molecule has 4 heteroatoms. The van der Waals surface area contributed by atoms with Gasteiger partial charge < -0.3 is 4.42 Å². The molecule has 0 N–H and O–H groups in total. The summed E-state index contributed by atoms with van der Waals surface area (Å²) in [6.45, 7) is 1.59. The molecular weight excluding hydrogens is 154 g/mol. The van der Waals surface area contributed by atoms with Crippen LogP contribution in [0, 0.1) is 6.92 Å². The van der Waals surface area contributed by atoms with Crippen LogP contribution in [0.15, 0.2) is 16.5 Å². The zero-order valence-corrected chi connectivity index (χ0v) is 5.80. The number of carbonyl (C=O) groups excluding carboxylic acids is 1. The quantitative estimate of drug-likeness (QED) is 0.619. The molecule has 0 aromatic carbocycles. The minimum atomic E-state index is -2.99. The van der Waals surface area contributed by atoms with E-state index in [1.807, 2.05) is 0 Å². The summed E-state index contributed by atoms with van der Waals surface area (Å²) in [5.74, 6) is -1.09. The van der Waals surface area contributed by atoms with Crippen LogP contribution in [0.1, 0.15) is 16.3 Å². The Morgan fingerprint density at radius 2 is 2.18 bits per heavy atom. The van der Waals surface area contributed by atoms with Crippen molar-refractivity contribution < 1.29 is 18.0 Å². The maximum atomic E-state index is 11.7. The highest BCUT2D eigenvalue weighted by molar-refractivity contribution is 5.95. The van der Waals surface area contributed by atoms with Crippen molar-refractivity contribution in [1.29, 1.82) is 0 Å². The summed E-state index contributed by atoms with van der Waals surface area (Å²) in [5, 5.41) is 0. The predicted octanol–water partition coefficient (Wildman–Crippen LogP) is 2.04. The number of furan rings is 1. The first-order valence-electron chi connectivity index (χ1n) is 3.00. The molecule has 1 aromatic heterocycles. The van der Waals surface area contributed by atoms with Gasteiger partial charge in [-0.25, -0.2) is 8.78 Å². The molecule has 0 bridgehead atoms. The second kappa shape index (κ2) is 2.82. The lowest BCUT2D eigenvalue weighted by molar-refractivity contribution is 0.0647. The molecule has 11 heavy (non-hydrogen) atoms. The Morgan fingerprint density at radius 3 is 2.55 bits per heavy atom. The molecule has 0 atom stereocenters. The topological polar surface area (TPSA) is 30.2 Å². The molecule has 0 aliphatic carbocycles. The number of Topliss-reactive ketones (excluding diaryl/α,β-unsaturated/α-hetero) is 1. The summed E-state index contributed by atoms with van der Waals surface area (Å²) < 4.78 is 28.1. The Hall–Kier alpha value is -1.19. The van der Waals surface area contributed by atoms with Gasteiger partial charge in [-0.05, 0) is 19.1 Å². The van der Waals surface area contributed by atoms with Crippen molar-refractivity contribution in [1.82, 2.24) is 0 Å². The minimum absolute atomic E-state index is 0.280. The van der Waals surface area contributed by atoms with E-state index in [1.165, 1.54) is 12.1 Å². The lowest BCUT2D eigenvalue weighted by Crippen LogP contribution is -2.08. The summed E-state index contributed by atoms with van der Waals surface area (Å²) in [7, 11) is 0. The van der Waals surface area contributed by atoms with Crippen molar-refractivity contribution in [2.24, 2.45) is 0 Å². The molecule has 1 aromatic rings. The Labute approximate surface area is 61.8 Å². The molecule has 0 aliphatic heterocycles. The Balaban J connectivity index is 2.85. The van der Waals surface area contributed by atoms with Crippen LogP contribution in [0.2, 0.25) is 0 Å². The molecule has 0 radical (unpaired) electrons. The van der Waals surface area contributed by atoms with Gasteiger partial charge in [-0.3, -0.25) is 4.79 Å². The van der Waals surface area contributed by atoms with E-state index in [9.17, 15) is 13.6 Å². The molecule has 2 nitrogen and oxygen atoms in total. The van der Waals surface area contributed by atoms with E-state index in [1.54, 1.807) is 6.92 Å². The maximum Gasteiger partial charge on any atom is 0.303 e. The van der Waals surface area contributed by atoms with E-state index in [2.05, 4.69) is 4.42 Å². The van der Waals surface area contributed by atoms with Gasteiger partial charge in [0.1, 0.15) is 5.76 Å². The molecule has 0 saturated heterocycles. The molecule has 60 valence electrons. The number of ketones is 1. The monoisotopic (exact) mass is 160 g/mol. The molecule has 1 heterocycles. The van der Waals surface area contributed by atoms with Crippen molar-refractivity contribution in [3.63, 3.8) is 0 Å². The molecule has 0 fully saturated rings. The van der Waals surface area contributed by atoms with Crippen molar-refractivity contribution in [2.75, 3.05) is 0 Å². The highest BCUT2D eigenvalue weighted by Gasteiger charge is 2.20. The summed E-state index contributed by atoms with van der Waals surface area (Å²) in [6, 6.07) is 2.71. The van der Waals surface area contributed by atoms with Gasteiger partial charge in [-0.15, -0.1) is 0 Å². The first-order chi connectivity index (χ1) is 5.11. The number of carbonyl (C=O) groups is 1. The van der Waals surface area contributed by atoms with Gasteiger partial charge in [-0.2, -0.15) is 0 Å². The highest BCUT2D eigenvalue weighted by Crippen LogP contribution is 2.10. The fourth-order valence-corrected chi connectivity index (χ4v) is 0.674. The van der Waals surface area contributed by atoms with Gasteiger partial charge in [0, 0.05) is 0 Å². The number of aryl methyl sites for hydroxylation is 1. The molecule has 1 rings (SSSR count). The first kappa shape index (κ1) is 7.91. The van der Waals surface area contributed by atoms with Gasteiger partial charge >= 0.3 is 6.43 Å². The molecule has 0 unspecified atom stereocenters. The van der Waals surface area contributed by atoms with E-state index >= 15 is 0 Å². The zero-order valence-electron chi connectivity index (χ0n) is 5.80. The summed E-state index contributed by atoms with van der Waals surface area (Å²) in [6.07, 6.45) is -2.99. The van der Waals surface area contributed by atoms with E-state index in [-0.39, 0.29) is 5.76 Å². The van der Waals surface area contributed by atoms with E-state index in [0.29, 0.717) is 5.76 Å². The zero-order chi connectivity index (χ0) is 8.43. The van der Waals surface area contributed by atoms with Crippen molar-refractivity contribution in [3.05, 3.63) is 23.7 Å². The molecule has 0 amide bonds. The van der Waals surface area contributed by atoms with E-state index in [4.69, 9.17) is 0 Å². The summed E-state index contributed by atoms with van der Waals surface area (Å²) >= 11 is 0. The van der Waals surface area contributed by atoms with Crippen LogP contribution in [0.4, 0.5) is 8.78 Å². The van der Waals surface area contributed by atoms with Crippen LogP contribution in [0.25, 0.3) is 0 Å². The molecule has 0 saturated carbocycles. The van der Waals surface area contributed by atoms with Crippen LogP contribution >= 0.6 is 0 Å². The fourth-order valence-electron chi connectivity index (χ4n) is 0.674. The average Bonchev–Trinajstić information content (AvgIpc) is 2.34. The predicted molar refractivity (Wildman–Crippen MR) is 33.8 cm³/mol.